The molecule has 0 bridgehead atoms. The molecule has 4 nitrogen and oxygen atoms in total. The van der Waals surface area contributed by atoms with Gasteiger partial charge >= 0.3 is 0 Å². The number of carbonyl (C=O) groups is 1. The van der Waals surface area contributed by atoms with Crippen LogP contribution in [0.5, 0.6) is 0 Å². The minimum Gasteiger partial charge on any atom is -0.381 e. The minimum absolute atomic E-state index is 0. The SMILES string of the molecule is CSCc1cc(F)ccc1CNC(=O)C1(CN)CCOCC1.Cl. The lowest BCUT2D eigenvalue weighted by Crippen LogP contribution is -2.49. The van der Waals surface area contributed by atoms with Crippen LogP contribution in [0.2, 0.25) is 0 Å². The molecule has 0 aromatic heterocycles. The predicted octanol–water partition coefficient (Wildman–Crippen LogP) is 2.48. The third-order valence-electron chi connectivity index (χ3n) is 4.23. The molecule has 1 fully saturated rings. The first-order valence-corrected chi connectivity index (χ1v) is 8.83. The fraction of sp³-hybridized carbons (Fsp3) is 0.562. The maximum Gasteiger partial charge on any atom is 0.227 e. The van der Waals surface area contributed by atoms with E-state index < -0.39 is 5.41 Å². The second-order valence-corrected chi connectivity index (χ2v) is 6.49. The van der Waals surface area contributed by atoms with Gasteiger partial charge in [0.05, 0.1) is 5.41 Å². The molecule has 1 aromatic carbocycles. The number of amides is 1. The zero-order valence-corrected chi connectivity index (χ0v) is 14.9. The number of nitrogens with one attached hydrogen (secondary N) is 1. The number of benzene rings is 1. The zero-order valence-electron chi connectivity index (χ0n) is 13.3. The Morgan fingerprint density at radius 2 is 2.09 bits per heavy atom. The lowest BCUT2D eigenvalue weighted by atomic mass is 9.79. The largest absolute Gasteiger partial charge is 0.381 e. The number of halogens is 2. The van der Waals surface area contributed by atoms with Gasteiger partial charge in [-0.1, -0.05) is 6.07 Å². The van der Waals surface area contributed by atoms with E-state index in [0.29, 0.717) is 39.1 Å². The third-order valence-corrected chi connectivity index (χ3v) is 4.83. The quantitative estimate of drug-likeness (QED) is 0.816. The van der Waals surface area contributed by atoms with E-state index >= 15 is 0 Å². The van der Waals surface area contributed by atoms with Crippen LogP contribution in [0.25, 0.3) is 0 Å². The summed E-state index contributed by atoms with van der Waals surface area (Å²) in [4.78, 5) is 12.5. The van der Waals surface area contributed by atoms with Crippen LogP contribution in [0, 0.1) is 11.2 Å². The average Bonchev–Trinajstić information content (AvgIpc) is 2.54. The second kappa shape index (κ2) is 9.47. The van der Waals surface area contributed by atoms with Gasteiger partial charge in [0.1, 0.15) is 5.82 Å². The summed E-state index contributed by atoms with van der Waals surface area (Å²) >= 11 is 1.63. The monoisotopic (exact) mass is 362 g/mol. The number of rotatable bonds is 6. The van der Waals surface area contributed by atoms with Gasteiger partial charge in [0, 0.05) is 32.1 Å². The number of nitrogens with two attached hydrogens (primary N) is 1. The maximum absolute atomic E-state index is 13.3. The summed E-state index contributed by atoms with van der Waals surface area (Å²) in [5.41, 5.74) is 7.17. The van der Waals surface area contributed by atoms with Crippen molar-refractivity contribution in [1.82, 2.24) is 5.32 Å². The molecule has 0 unspecified atom stereocenters. The molecule has 0 radical (unpaired) electrons. The van der Waals surface area contributed by atoms with Crippen LogP contribution in [-0.2, 0) is 21.8 Å². The van der Waals surface area contributed by atoms with Crippen molar-refractivity contribution in [2.24, 2.45) is 11.1 Å². The molecule has 1 amide bonds. The normalized spacial score (nSPS) is 16.5. The summed E-state index contributed by atoms with van der Waals surface area (Å²) in [7, 11) is 0. The lowest BCUT2D eigenvalue weighted by Gasteiger charge is -2.34. The third kappa shape index (κ3) is 5.08. The molecule has 0 aliphatic carbocycles. The van der Waals surface area contributed by atoms with Gasteiger partial charge in [0.2, 0.25) is 5.91 Å². The number of hydrogen-bond donors (Lipinski definition) is 2. The van der Waals surface area contributed by atoms with Gasteiger partial charge in [0.25, 0.3) is 0 Å². The molecule has 1 aliphatic rings. The number of carbonyl (C=O) groups excluding carboxylic acids is 1. The average molecular weight is 363 g/mol. The molecule has 1 heterocycles. The summed E-state index contributed by atoms with van der Waals surface area (Å²) in [6.07, 6.45) is 3.27. The number of thioether (sulfide) groups is 1. The minimum atomic E-state index is -0.530. The van der Waals surface area contributed by atoms with Crippen LogP contribution < -0.4 is 11.1 Å². The molecule has 23 heavy (non-hydrogen) atoms. The van der Waals surface area contributed by atoms with Crippen LogP contribution in [0.1, 0.15) is 24.0 Å². The summed E-state index contributed by atoms with van der Waals surface area (Å²) < 4.78 is 18.7. The highest BCUT2D eigenvalue weighted by Crippen LogP contribution is 2.29. The topological polar surface area (TPSA) is 64.4 Å². The van der Waals surface area contributed by atoms with E-state index in [1.165, 1.54) is 12.1 Å². The van der Waals surface area contributed by atoms with E-state index in [-0.39, 0.29) is 24.1 Å². The summed E-state index contributed by atoms with van der Waals surface area (Å²) in [5.74, 6) is 0.443. The highest BCUT2D eigenvalue weighted by molar-refractivity contribution is 7.97. The number of ether oxygens (including phenoxy) is 1. The van der Waals surface area contributed by atoms with Crippen LogP contribution >= 0.6 is 24.2 Å². The molecule has 0 atom stereocenters. The highest BCUT2D eigenvalue weighted by atomic mass is 35.5. The van der Waals surface area contributed by atoms with Crippen molar-refractivity contribution < 1.29 is 13.9 Å². The van der Waals surface area contributed by atoms with E-state index in [1.807, 2.05) is 6.26 Å². The summed E-state index contributed by atoms with van der Waals surface area (Å²) in [5, 5.41) is 2.97. The van der Waals surface area contributed by atoms with Crippen LogP contribution in [0.4, 0.5) is 4.39 Å². The maximum atomic E-state index is 13.3. The Kier molecular flexibility index (Phi) is 8.33. The summed E-state index contributed by atoms with van der Waals surface area (Å²) in [6.45, 7) is 1.86. The molecule has 0 spiro atoms. The molecule has 7 heteroatoms. The molecular formula is C16H24ClFN2O2S. The Morgan fingerprint density at radius 3 is 2.70 bits per heavy atom. The van der Waals surface area contributed by atoms with Crippen molar-refractivity contribution in [3.8, 4) is 0 Å². The van der Waals surface area contributed by atoms with Gasteiger partial charge in [-0.2, -0.15) is 11.8 Å². The Labute approximate surface area is 147 Å². The molecule has 2 rings (SSSR count). The molecule has 130 valence electrons. The van der Waals surface area contributed by atoms with Crippen molar-refractivity contribution in [2.75, 3.05) is 26.0 Å². The standard InChI is InChI=1S/C16H23FN2O2S.ClH/c1-22-10-13-8-14(17)3-2-12(13)9-19-15(20)16(11-18)4-6-21-7-5-16;/h2-3,8H,4-7,9-11,18H2,1H3,(H,19,20);1H. The van der Waals surface area contributed by atoms with Crippen LogP contribution in [0.3, 0.4) is 0 Å². The molecule has 1 saturated heterocycles. The van der Waals surface area contributed by atoms with Gasteiger partial charge in [-0.15, -0.1) is 12.4 Å². The van der Waals surface area contributed by atoms with Crippen molar-refractivity contribution in [2.45, 2.75) is 25.1 Å². The molecular weight excluding hydrogens is 339 g/mol. The Balaban J connectivity index is 0.00000264. The van der Waals surface area contributed by atoms with Gasteiger partial charge in [-0.25, -0.2) is 4.39 Å². The predicted molar refractivity (Wildman–Crippen MR) is 94.3 cm³/mol. The van der Waals surface area contributed by atoms with E-state index in [4.69, 9.17) is 10.5 Å². The molecule has 0 saturated carbocycles. The number of hydrogen-bond acceptors (Lipinski definition) is 4. The summed E-state index contributed by atoms with van der Waals surface area (Å²) in [6, 6.07) is 4.70. The Hall–Kier alpha value is -0.820. The van der Waals surface area contributed by atoms with Crippen LogP contribution in [-0.4, -0.2) is 31.9 Å². The van der Waals surface area contributed by atoms with Crippen molar-refractivity contribution in [3.05, 3.63) is 35.1 Å². The first-order valence-electron chi connectivity index (χ1n) is 7.43. The van der Waals surface area contributed by atoms with Crippen molar-refractivity contribution in [3.63, 3.8) is 0 Å². The van der Waals surface area contributed by atoms with E-state index in [0.717, 1.165) is 16.9 Å². The van der Waals surface area contributed by atoms with Crippen LogP contribution in [0.15, 0.2) is 18.2 Å². The van der Waals surface area contributed by atoms with Gasteiger partial charge < -0.3 is 15.8 Å². The molecule has 3 N–H and O–H groups in total. The second-order valence-electron chi connectivity index (χ2n) is 5.63. The van der Waals surface area contributed by atoms with Gasteiger partial charge in [-0.3, -0.25) is 4.79 Å². The van der Waals surface area contributed by atoms with Crippen molar-refractivity contribution in [1.29, 1.82) is 0 Å². The van der Waals surface area contributed by atoms with Gasteiger partial charge in [0.15, 0.2) is 0 Å². The highest BCUT2D eigenvalue weighted by Gasteiger charge is 2.38. The first-order chi connectivity index (χ1) is 10.6. The molecule has 1 aliphatic heterocycles. The Bertz CT molecular complexity index is 525. The first kappa shape index (κ1) is 20.2. The van der Waals surface area contributed by atoms with E-state index in [1.54, 1.807) is 17.8 Å². The Morgan fingerprint density at radius 1 is 1.39 bits per heavy atom. The molecule has 1 aromatic rings. The fourth-order valence-electron chi connectivity index (χ4n) is 2.71. The smallest absolute Gasteiger partial charge is 0.227 e. The van der Waals surface area contributed by atoms with Gasteiger partial charge in [-0.05, 0) is 42.4 Å². The van der Waals surface area contributed by atoms with E-state index in [2.05, 4.69) is 5.32 Å². The van der Waals surface area contributed by atoms with Crippen molar-refractivity contribution >= 4 is 30.1 Å². The zero-order chi connectivity index (χ0) is 16.0. The lowest BCUT2D eigenvalue weighted by molar-refractivity contribution is -0.136. The van der Waals surface area contributed by atoms with E-state index in [9.17, 15) is 9.18 Å². The fourth-order valence-corrected chi connectivity index (χ4v) is 3.29.